The number of nitrogens with one attached hydrogen (secondary N) is 1. The Hall–Kier alpha value is -3.90. The van der Waals surface area contributed by atoms with Crippen LogP contribution in [-0.4, -0.2) is 44.7 Å². The number of aromatic nitrogens is 3. The van der Waals surface area contributed by atoms with E-state index in [1.807, 2.05) is 11.8 Å². The van der Waals surface area contributed by atoms with Crippen LogP contribution in [0.4, 0.5) is 15.9 Å². The standard InChI is InChI=1S/C25H25FN6O2/c1-15-20(17-7-16(10-27)22(30-11-17)32-13-25(4,34)14-32)9-19(12-29-15)31-23(33)21-8-18(5-6-28-21)24(2,3)26/h5-9,11-12,34H,13-14H2,1-4H3,(H,31,33). The second kappa shape index (κ2) is 8.47. The van der Waals surface area contributed by atoms with Gasteiger partial charge in [0.25, 0.3) is 5.91 Å². The van der Waals surface area contributed by atoms with Gasteiger partial charge in [-0.25, -0.2) is 9.37 Å². The molecule has 174 valence electrons. The first-order chi connectivity index (χ1) is 16.0. The molecule has 0 aromatic carbocycles. The van der Waals surface area contributed by atoms with Crippen molar-refractivity contribution >= 4 is 17.4 Å². The third-order valence-corrected chi connectivity index (χ3v) is 5.68. The minimum Gasteiger partial charge on any atom is -0.386 e. The van der Waals surface area contributed by atoms with Crippen LogP contribution in [0.1, 0.15) is 48.1 Å². The number of carbonyl (C=O) groups excluding carboxylic acids is 1. The number of anilines is 2. The number of pyridine rings is 3. The maximum Gasteiger partial charge on any atom is 0.274 e. The first-order valence-electron chi connectivity index (χ1n) is 10.8. The smallest absolute Gasteiger partial charge is 0.274 e. The van der Waals surface area contributed by atoms with Crippen molar-refractivity contribution < 1.29 is 14.3 Å². The minimum absolute atomic E-state index is 0.0913. The van der Waals surface area contributed by atoms with Crippen molar-refractivity contribution in [2.24, 2.45) is 0 Å². The number of amides is 1. The lowest BCUT2D eigenvalue weighted by Gasteiger charge is -2.45. The summed E-state index contributed by atoms with van der Waals surface area (Å²) in [5.41, 5.74) is 0.957. The van der Waals surface area contributed by atoms with E-state index in [4.69, 9.17) is 0 Å². The molecule has 0 bridgehead atoms. The maximum absolute atomic E-state index is 14.3. The predicted molar refractivity (Wildman–Crippen MR) is 126 cm³/mol. The summed E-state index contributed by atoms with van der Waals surface area (Å²) in [4.78, 5) is 27.5. The average Bonchev–Trinajstić information content (AvgIpc) is 2.77. The van der Waals surface area contributed by atoms with Crippen LogP contribution in [0.5, 0.6) is 0 Å². The second-order valence-corrected chi connectivity index (χ2v) is 9.27. The van der Waals surface area contributed by atoms with E-state index in [9.17, 15) is 19.6 Å². The molecule has 34 heavy (non-hydrogen) atoms. The fourth-order valence-corrected chi connectivity index (χ4v) is 3.88. The Morgan fingerprint density at radius 2 is 1.97 bits per heavy atom. The van der Waals surface area contributed by atoms with Crippen LogP contribution in [0.15, 0.2) is 42.9 Å². The topological polar surface area (TPSA) is 115 Å². The van der Waals surface area contributed by atoms with Crippen LogP contribution in [0.3, 0.4) is 0 Å². The largest absolute Gasteiger partial charge is 0.386 e. The molecule has 0 spiro atoms. The lowest BCUT2D eigenvalue weighted by atomic mass is 9.96. The van der Waals surface area contributed by atoms with E-state index in [0.29, 0.717) is 52.5 Å². The zero-order chi connectivity index (χ0) is 24.7. The van der Waals surface area contributed by atoms with Gasteiger partial charge in [0, 0.05) is 42.3 Å². The summed E-state index contributed by atoms with van der Waals surface area (Å²) in [6.07, 6.45) is 4.57. The highest BCUT2D eigenvalue weighted by Crippen LogP contribution is 2.32. The predicted octanol–water partition coefficient (Wildman–Crippen LogP) is 3.75. The molecule has 0 aliphatic carbocycles. The zero-order valence-corrected chi connectivity index (χ0v) is 19.4. The molecule has 0 saturated carbocycles. The Labute approximate surface area is 197 Å². The summed E-state index contributed by atoms with van der Waals surface area (Å²) in [5.74, 6) is 0.0355. The van der Waals surface area contributed by atoms with E-state index in [-0.39, 0.29) is 5.69 Å². The fourth-order valence-electron chi connectivity index (χ4n) is 3.88. The van der Waals surface area contributed by atoms with Gasteiger partial charge >= 0.3 is 0 Å². The van der Waals surface area contributed by atoms with E-state index in [0.717, 1.165) is 0 Å². The number of halogens is 1. The summed E-state index contributed by atoms with van der Waals surface area (Å²) < 4.78 is 14.3. The fraction of sp³-hybridized carbons (Fsp3) is 0.320. The van der Waals surface area contributed by atoms with E-state index in [1.54, 1.807) is 25.3 Å². The van der Waals surface area contributed by atoms with Crippen molar-refractivity contribution in [3.05, 3.63) is 65.4 Å². The number of carbonyl (C=O) groups is 1. The van der Waals surface area contributed by atoms with Crippen LogP contribution in [0, 0.1) is 18.3 Å². The van der Waals surface area contributed by atoms with Crippen molar-refractivity contribution in [3.63, 3.8) is 0 Å². The highest BCUT2D eigenvalue weighted by Gasteiger charge is 2.38. The molecule has 0 unspecified atom stereocenters. The molecule has 1 aliphatic rings. The van der Waals surface area contributed by atoms with Gasteiger partial charge in [0.05, 0.1) is 23.0 Å². The van der Waals surface area contributed by atoms with Crippen molar-refractivity contribution in [1.82, 2.24) is 15.0 Å². The number of nitriles is 1. The van der Waals surface area contributed by atoms with Gasteiger partial charge in [-0.15, -0.1) is 0 Å². The number of aliphatic hydroxyl groups is 1. The van der Waals surface area contributed by atoms with Crippen LogP contribution in [-0.2, 0) is 5.67 Å². The lowest BCUT2D eigenvalue weighted by Crippen LogP contribution is -2.60. The van der Waals surface area contributed by atoms with Crippen molar-refractivity contribution in [3.8, 4) is 17.2 Å². The van der Waals surface area contributed by atoms with Gasteiger partial charge in [0.1, 0.15) is 23.2 Å². The molecule has 0 atom stereocenters. The van der Waals surface area contributed by atoms with Crippen molar-refractivity contribution in [2.45, 2.75) is 39.0 Å². The summed E-state index contributed by atoms with van der Waals surface area (Å²) >= 11 is 0. The Bertz CT molecular complexity index is 1300. The van der Waals surface area contributed by atoms with Gasteiger partial charge in [0.15, 0.2) is 0 Å². The molecular weight excluding hydrogens is 435 g/mol. The summed E-state index contributed by atoms with van der Waals surface area (Å²) in [6.45, 7) is 7.21. The summed E-state index contributed by atoms with van der Waals surface area (Å²) in [6, 6.07) is 8.60. The number of aryl methyl sites for hydroxylation is 1. The maximum atomic E-state index is 14.3. The third kappa shape index (κ3) is 4.72. The Morgan fingerprint density at radius 3 is 2.62 bits per heavy atom. The molecule has 3 aromatic heterocycles. The molecule has 0 radical (unpaired) electrons. The Kier molecular flexibility index (Phi) is 5.79. The average molecular weight is 461 g/mol. The van der Waals surface area contributed by atoms with Gasteiger partial charge < -0.3 is 15.3 Å². The lowest BCUT2D eigenvalue weighted by molar-refractivity contribution is 0.0305. The molecule has 3 aromatic rings. The first-order valence-corrected chi connectivity index (χ1v) is 10.8. The molecule has 4 heterocycles. The molecule has 1 aliphatic heterocycles. The number of hydrogen-bond acceptors (Lipinski definition) is 7. The normalized spacial score (nSPS) is 14.8. The molecule has 1 saturated heterocycles. The number of β-amino-alcohol motifs (C(OH)–C–C–N with tert-alkyl or cyclic N) is 1. The van der Waals surface area contributed by atoms with E-state index < -0.39 is 17.2 Å². The van der Waals surface area contributed by atoms with Gasteiger partial charge in [0.2, 0.25) is 0 Å². The van der Waals surface area contributed by atoms with E-state index >= 15 is 0 Å². The number of alkyl halides is 1. The SMILES string of the molecule is Cc1ncc(NC(=O)c2cc(C(C)(C)F)ccn2)cc1-c1cnc(N2CC(C)(O)C2)c(C#N)c1. The molecule has 2 N–H and O–H groups in total. The molecule has 4 rings (SSSR count). The van der Waals surface area contributed by atoms with Crippen LogP contribution >= 0.6 is 0 Å². The van der Waals surface area contributed by atoms with Crippen molar-refractivity contribution in [1.29, 1.82) is 5.26 Å². The molecule has 1 fully saturated rings. The summed E-state index contributed by atoms with van der Waals surface area (Å²) in [7, 11) is 0. The van der Waals surface area contributed by atoms with Gasteiger partial charge in [-0.05, 0) is 57.5 Å². The Morgan fingerprint density at radius 1 is 1.24 bits per heavy atom. The molecule has 8 nitrogen and oxygen atoms in total. The minimum atomic E-state index is -1.60. The number of nitrogens with zero attached hydrogens (tertiary/aromatic N) is 5. The van der Waals surface area contributed by atoms with Crippen LogP contribution < -0.4 is 10.2 Å². The van der Waals surface area contributed by atoms with Gasteiger partial charge in [-0.2, -0.15) is 5.26 Å². The van der Waals surface area contributed by atoms with Crippen LogP contribution in [0.2, 0.25) is 0 Å². The zero-order valence-electron chi connectivity index (χ0n) is 19.4. The second-order valence-electron chi connectivity index (χ2n) is 9.27. The summed E-state index contributed by atoms with van der Waals surface area (Å²) in [5, 5.41) is 22.4. The van der Waals surface area contributed by atoms with Gasteiger partial charge in [-0.3, -0.25) is 14.8 Å². The highest BCUT2D eigenvalue weighted by atomic mass is 19.1. The third-order valence-electron chi connectivity index (χ3n) is 5.68. The monoisotopic (exact) mass is 460 g/mol. The number of rotatable bonds is 5. The highest BCUT2D eigenvalue weighted by molar-refractivity contribution is 6.03. The van der Waals surface area contributed by atoms with Gasteiger partial charge in [-0.1, -0.05) is 0 Å². The first kappa shape index (κ1) is 23.3. The molecular formula is C25H25FN6O2. The van der Waals surface area contributed by atoms with E-state index in [2.05, 4.69) is 26.3 Å². The molecule has 1 amide bonds. The number of hydrogen-bond donors (Lipinski definition) is 2. The molecule has 9 heteroatoms. The Balaban J connectivity index is 1.59. The van der Waals surface area contributed by atoms with E-state index in [1.165, 1.54) is 38.4 Å². The van der Waals surface area contributed by atoms with Crippen LogP contribution in [0.25, 0.3) is 11.1 Å². The van der Waals surface area contributed by atoms with Crippen molar-refractivity contribution in [2.75, 3.05) is 23.3 Å². The quantitative estimate of drug-likeness (QED) is 0.596.